The fraction of sp³-hybridized carbons (Fsp3) is 0.154. The van der Waals surface area contributed by atoms with Crippen LogP contribution >= 0.6 is 0 Å². The van der Waals surface area contributed by atoms with E-state index in [0.29, 0.717) is 37.7 Å². The van der Waals surface area contributed by atoms with Gasteiger partial charge in [-0.2, -0.15) is 0 Å². The normalized spacial score (nSPS) is 14.0. The SMILES string of the molecule is [2H]c1c([2H])c([2H])c(-c2cc(-n3c4ccccc4c4ccccc43)cc(-c3c([2H])c([2H])c([2H])c([2H])c3[2H])c2-n2[c](=[Pt])n(-c3[c-]c(Oc4[c-]c5c(cc4)c4ccccc4n5-c4cc(C(C)(C)C)ccn4)cc(-c4c(C(C)(C)C)cccc4C(C)(C)C)c3)c3ccccc32)c([2H])c1[2H]. The summed E-state index contributed by atoms with van der Waals surface area (Å²) in [6, 6.07) is 55.9. The van der Waals surface area contributed by atoms with Crippen LogP contribution in [0.15, 0.2) is 230 Å². The second-order valence-corrected chi connectivity index (χ2v) is 25.7. The molecule has 6 nitrogen and oxygen atoms in total. The fourth-order valence-electron chi connectivity index (χ4n) is 12.2. The summed E-state index contributed by atoms with van der Waals surface area (Å²) in [6.07, 6.45) is 1.85. The van der Waals surface area contributed by atoms with E-state index in [1.165, 1.54) is 0 Å². The number of hydrogen-bond acceptors (Lipinski definition) is 2. The molecule has 4 aromatic heterocycles. The van der Waals surface area contributed by atoms with Gasteiger partial charge in [-0.3, -0.25) is 0 Å². The third-order valence-corrected chi connectivity index (χ3v) is 17.1. The van der Waals surface area contributed by atoms with Crippen molar-refractivity contribution in [2.45, 2.75) is 78.6 Å². The van der Waals surface area contributed by atoms with Crippen LogP contribution in [0.1, 0.15) is 92.7 Å². The Bertz CT molecular complexity index is 5410. The first-order valence-corrected chi connectivity index (χ1v) is 29.6. The predicted molar refractivity (Wildman–Crippen MR) is 349 cm³/mol. The second-order valence-electron chi connectivity index (χ2n) is 24.7. The summed E-state index contributed by atoms with van der Waals surface area (Å²) in [6.45, 7) is 19.8. The quantitative estimate of drug-likeness (QED) is 0.135. The Labute approximate surface area is 522 Å². The Balaban J connectivity index is 1.10. The molecule has 0 fully saturated rings. The van der Waals surface area contributed by atoms with E-state index >= 15 is 0 Å². The molecule has 0 aliphatic carbocycles. The van der Waals surface area contributed by atoms with Gasteiger partial charge >= 0.3 is 469 Å². The second kappa shape index (κ2) is 20.6. The minimum atomic E-state index is -0.590. The summed E-state index contributed by atoms with van der Waals surface area (Å²) in [4.78, 5) is 4.94. The zero-order valence-corrected chi connectivity index (χ0v) is 50.9. The standard InChI is InChI=1S/C78H65N5O.Pt/c1-76(2,3)54-41-42-79-73(45-54)83-69-36-21-18-31-61(69)62-40-39-57(49-72(62)83)84-58-44-53(74-65(77(4,5)6)32-24-33-66(74)78(7,8)9)43-55(46-58)80-50-81(71-38-23-22-37-70(71)80)75-63(51-25-12-10-13-26-51)47-56(48-64(75)52-27-14-11-15-28-52)82-67-34-19-16-29-59(67)60-30-17-20-35-68(60)82;/h10-45,47-48H,1-9H3;/q-2;/i10D,11D,12D,13D,14D,15D,25D,26D,27D,28D;. The number of ether oxygens (including phenoxy) is 1. The van der Waals surface area contributed by atoms with Gasteiger partial charge < -0.3 is 0 Å². The van der Waals surface area contributed by atoms with Crippen LogP contribution in [0.5, 0.6) is 11.5 Å². The number of aromatic nitrogens is 5. The number of rotatable bonds is 9. The number of benzene rings is 10. The summed E-state index contributed by atoms with van der Waals surface area (Å²) >= 11 is 2.24. The molecule has 4 heterocycles. The predicted octanol–water partition coefficient (Wildman–Crippen LogP) is 20.4. The molecule has 7 heteroatoms. The van der Waals surface area contributed by atoms with E-state index in [0.717, 1.165) is 77.2 Å². The Hall–Kier alpha value is -9.09. The topological polar surface area (TPSA) is 41.8 Å². The fourth-order valence-corrected chi connectivity index (χ4v) is 13.2. The summed E-state index contributed by atoms with van der Waals surface area (Å²) in [5.41, 5.74) is 9.96. The molecule has 14 rings (SSSR count). The third kappa shape index (κ3) is 9.39. The van der Waals surface area contributed by atoms with Crippen molar-refractivity contribution in [1.82, 2.24) is 23.3 Å². The number of fused-ring (bicyclic) bond motifs is 7. The van der Waals surface area contributed by atoms with Crippen molar-refractivity contribution < 1.29 is 37.8 Å². The minimum absolute atomic E-state index is 0.133. The summed E-state index contributed by atoms with van der Waals surface area (Å²) < 4.78 is 109. The molecule has 10 aromatic carbocycles. The van der Waals surface area contributed by atoms with Gasteiger partial charge in [-0.25, -0.2) is 0 Å². The van der Waals surface area contributed by atoms with E-state index in [9.17, 15) is 11.0 Å². The summed E-state index contributed by atoms with van der Waals surface area (Å²) in [5.74, 6) is 1.53. The molecule has 0 atom stereocenters. The zero-order valence-electron chi connectivity index (χ0n) is 58.6. The number of nitrogens with zero attached hydrogens (tertiary/aromatic N) is 5. The average molecular weight is 1290 g/mol. The molecule has 14 aromatic rings. The molecule has 420 valence electrons. The molecule has 0 aliphatic heterocycles. The Kier molecular flexibility index (Phi) is 10.6. The van der Waals surface area contributed by atoms with Gasteiger partial charge in [0, 0.05) is 6.20 Å². The van der Waals surface area contributed by atoms with Crippen LogP contribution in [0, 0.1) is 15.9 Å². The van der Waals surface area contributed by atoms with Gasteiger partial charge in [0.1, 0.15) is 0 Å². The first-order chi connectivity index (χ1) is 45.1. The van der Waals surface area contributed by atoms with E-state index in [-0.39, 0.29) is 44.2 Å². The van der Waals surface area contributed by atoms with Crippen LogP contribution in [0.25, 0.3) is 111 Å². The van der Waals surface area contributed by atoms with Gasteiger partial charge in [-0.15, -0.1) is 0 Å². The molecule has 0 saturated carbocycles. The Morgan fingerprint density at radius 1 is 0.447 bits per heavy atom. The van der Waals surface area contributed by atoms with E-state index < -0.39 is 60.4 Å². The van der Waals surface area contributed by atoms with Crippen molar-refractivity contribution in [3.05, 3.63) is 263 Å². The van der Waals surface area contributed by atoms with Crippen LogP contribution < -0.4 is 4.74 Å². The monoisotopic (exact) mass is 1290 g/mol. The molecule has 0 unspecified atom stereocenters. The molecule has 0 amide bonds. The van der Waals surface area contributed by atoms with E-state index in [1.807, 2.05) is 117 Å². The molecule has 85 heavy (non-hydrogen) atoms. The van der Waals surface area contributed by atoms with Crippen molar-refractivity contribution in [3.8, 4) is 67.8 Å². The van der Waals surface area contributed by atoms with Gasteiger partial charge in [0.15, 0.2) is 0 Å². The maximum atomic E-state index is 9.77. The summed E-state index contributed by atoms with van der Waals surface area (Å²) in [5, 5.41) is 3.83. The summed E-state index contributed by atoms with van der Waals surface area (Å²) in [7, 11) is 0. The van der Waals surface area contributed by atoms with Gasteiger partial charge in [-0.05, 0) is 17.0 Å². The van der Waals surface area contributed by atoms with E-state index in [1.54, 1.807) is 12.1 Å². The van der Waals surface area contributed by atoms with Crippen molar-refractivity contribution in [3.63, 3.8) is 0 Å². The Morgan fingerprint density at radius 2 is 0.965 bits per heavy atom. The van der Waals surface area contributed by atoms with Gasteiger partial charge in [0.05, 0.1) is 0 Å². The number of imidazole rings is 1. The van der Waals surface area contributed by atoms with Crippen molar-refractivity contribution in [1.29, 1.82) is 0 Å². The molecule has 0 bridgehead atoms. The maximum absolute atomic E-state index is 9.77. The zero-order chi connectivity index (χ0) is 67.2. The number of hydrogen-bond donors (Lipinski definition) is 0. The van der Waals surface area contributed by atoms with Crippen molar-refractivity contribution in [2.24, 2.45) is 0 Å². The molecule has 0 spiro atoms. The molecule has 0 aliphatic rings. The third-order valence-electron chi connectivity index (χ3n) is 16.1. The molecule has 0 N–H and O–H groups in total. The van der Waals surface area contributed by atoms with Gasteiger partial charge in [0.2, 0.25) is 0 Å². The number of para-hydroxylation sites is 5. The van der Waals surface area contributed by atoms with Gasteiger partial charge in [0.25, 0.3) is 0 Å². The van der Waals surface area contributed by atoms with E-state index in [2.05, 4.69) is 153 Å². The van der Waals surface area contributed by atoms with Crippen LogP contribution in [0.2, 0.25) is 0 Å². The first kappa shape index (κ1) is 43.5. The molecule has 0 radical (unpaired) electrons. The molecule has 0 saturated heterocycles. The van der Waals surface area contributed by atoms with Crippen molar-refractivity contribution in [2.75, 3.05) is 0 Å². The molecular formula is C78H65N5OPt-2. The van der Waals surface area contributed by atoms with Crippen LogP contribution in [-0.4, -0.2) is 23.3 Å². The van der Waals surface area contributed by atoms with E-state index in [4.69, 9.17) is 12.5 Å². The van der Waals surface area contributed by atoms with Gasteiger partial charge in [-0.1, -0.05) is 32.9 Å². The van der Waals surface area contributed by atoms with Crippen LogP contribution in [0.3, 0.4) is 0 Å². The van der Waals surface area contributed by atoms with Crippen molar-refractivity contribution >= 4 is 54.6 Å². The van der Waals surface area contributed by atoms with Crippen LogP contribution in [-0.2, 0) is 35.6 Å². The average Bonchev–Trinajstić information content (AvgIpc) is 1.39. The number of pyridine rings is 1. The first-order valence-electron chi connectivity index (χ1n) is 33.5. The van der Waals surface area contributed by atoms with Crippen LogP contribution in [0.4, 0.5) is 0 Å². The Morgan fingerprint density at radius 3 is 1.52 bits per heavy atom. The molecular weight excluding hydrogens is 1220 g/mol.